The Kier molecular flexibility index (Phi) is 8.43. The van der Waals surface area contributed by atoms with Crippen LogP contribution < -0.4 is 5.32 Å². The highest BCUT2D eigenvalue weighted by atomic mass is 32.2. The third kappa shape index (κ3) is 5.65. The molecule has 2 nitrogen and oxygen atoms in total. The maximum Gasteiger partial charge on any atom is 0.0155 e. The van der Waals surface area contributed by atoms with Gasteiger partial charge in [-0.3, -0.25) is 0 Å². The van der Waals surface area contributed by atoms with Crippen molar-refractivity contribution in [3.8, 4) is 0 Å². The van der Waals surface area contributed by atoms with E-state index in [9.17, 15) is 0 Å². The minimum Gasteiger partial charge on any atom is -0.317 e. The summed E-state index contributed by atoms with van der Waals surface area (Å²) in [5.41, 5.74) is 0. The minimum atomic E-state index is 0.694. The first-order chi connectivity index (χ1) is 9.12. The first-order valence-corrected chi connectivity index (χ1v) is 9.38. The average Bonchev–Trinajstić information content (AvgIpc) is 2.39. The van der Waals surface area contributed by atoms with Crippen molar-refractivity contribution in [2.45, 2.75) is 58.0 Å². The molecule has 1 aliphatic rings. The molecule has 4 unspecified atom stereocenters. The lowest BCUT2D eigenvalue weighted by Crippen LogP contribution is -2.46. The van der Waals surface area contributed by atoms with Gasteiger partial charge in [0.05, 0.1) is 0 Å². The molecule has 0 radical (unpaired) electrons. The molecule has 3 heteroatoms. The smallest absolute Gasteiger partial charge is 0.0155 e. The maximum absolute atomic E-state index is 3.56. The predicted octanol–water partition coefficient (Wildman–Crippen LogP) is 3.47. The van der Waals surface area contributed by atoms with Crippen LogP contribution in [0.3, 0.4) is 0 Å². The monoisotopic (exact) mass is 286 g/mol. The highest BCUT2D eigenvalue weighted by molar-refractivity contribution is 7.98. The zero-order chi connectivity index (χ0) is 14.3. The van der Waals surface area contributed by atoms with Crippen LogP contribution in [0.15, 0.2) is 0 Å². The molecular weight excluding hydrogens is 252 g/mol. The Morgan fingerprint density at radius 3 is 2.68 bits per heavy atom. The highest BCUT2D eigenvalue weighted by Gasteiger charge is 2.30. The van der Waals surface area contributed by atoms with E-state index in [-0.39, 0.29) is 0 Å². The van der Waals surface area contributed by atoms with Crippen LogP contribution in [0.4, 0.5) is 0 Å². The molecule has 1 saturated carbocycles. The van der Waals surface area contributed by atoms with Gasteiger partial charge in [-0.1, -0.05) is 19.8 Å². The summed E-state index contributed by atoms with van der Waals surface area (Å²) in [5, 5.41) is 3.56. The number of thioether (sulfide) groups is 1. The summed E-state index contributed by atoms with van der Waals surface area (Å²) < 4.78 is 0. The van der Waals surface area contributed by atoms with Crippen LogP contribution in [0.25, 0.3) is 0 Å². The SMILES string of the molecule is CCCC1CCC(NC)C(CN(C)C(C)CSC)C1. The lowest BCUT2D eigenvalue weighted by atomic mass is 9.76. The van der Waals surface area contributed by atoms with Crippen molar-refractivity contribution >= 4 is 11.8 Å². The van der Waals surface area contributed by atoms with E-state index in [2.05, 4.69) is 44.4 Å². The molecule has 0 amide bonds. The van der Waals surface area contributed by atoms with Gasteiger partial charge in [-0.05, 0) is 58.4 Å². The summed E-state index contributed by atoms with van der Waals surface area (Å²) >= 11 is 1.96. The van der Waals surface area contributed by atoms with Crippen molar-refractivity contribution in [2.75, 3.05) is 32.6 Å². The topological polar surface area (TPSA) is 15.3 Å². The van der Waals surface area contributed by atoms with Crippen LogP contribution in [0.5, 0.6) is 0 Å². The summed E-state index contributed by atoms with van der Waals surface area (Å²) in [7, 11) is 4.44. The summed E-state index contributed by atoms with van der Waals surface area (Å²) in [4.78, 5) is 2.57. The molecule has 0 spiro atoms. The Morgan fingerprint density at radius 1 is 1.37 bits per heavy atom. The Morgan fingerprint density at radius 2 is 2.11 bits per heavy atom. The Bertz CT molecular complexity index is 235. The maximum atomic E-state index is 3.56. The number of nitrogens with one attached hydrogen (secondary N) is 1. The summed E-state index contributed by atoms with van der Waals surface area (Å²) in [6, 6.07) is 1.43. The van der Waals surface area contributed by atoms with Gasteiger partial charge in [-0.25, -0.2) is 0 Å². The summed E-state index contributed by atoms with van der Waals surface area (Å²) in [6.45, 7) is 5.94. The molecule has 4 atom stereocenters. The van der Waals surface area contributed by atoms with Crippen LogP contribution in [-0.4, -0.2) is 49.6 Å². The van der Waals surface area contributed by atoms with Crippen molar-refractivity contribution in [2.24, 2.45) is 11.8 Å². The van der Waals surface area contributed by atoms with Crippen LogP contribution in [-0.2, 0) is 0 Å². The number of hydrogen-bond acceptors (Lipinski definition) is 3. The van der Waals surface area contributed by atoms with Crippen molar-refractivity contribution in [1.82, 2.24) is 10.2 Å². The van der Waals surface area contributed by atoms with Crippen molar-refractivity contribution < 1.29 is 0 Å². The Labute approximate surface area is 125 Å². The molecule has 0 aromatic rings. The van der Waals surface area contributed by atoms with Crippen LogP contribution in [0, 0.1) is 11.8 Å². The zero-order valence-electron chi connectivity index (χ0n) is 13.6. The van der Waals surface area contributed by atoms with E-state index in [4.69, 9.17) is 0 Å². The van der Waals surface area contributed by atoms with E-state index in [0.717, 1.165) is 17.9 Å². The fourth-order valence-corrected chi connectivity index (χ4v) is 4.27. The van der Waals surface area contributed by atoms with Crippen molar-refractivity contribution in [1.29, 1.82) is 0 Å². The van der Waals surface area contributed by atoms with Crippen molar-refractivity contribution in [3.63, 3.8) is 0 Å². The number of hydrogen-bond donors (Lipinski definition) is 1. The first-order valence-electron chi connectivity index (χ1n) is 7.98. The van der Waals surface area contributed by atoms with E-state index < -0.39 is 0 Å². The molecule has 0 aliphatic heterocycles. The van der Waals surface area contributed by atoms with E-state index in [1.54, 1.807) is 0 Å². The number of rotatable bonds is 8. The fourth-order valence-electron chi connectivity index (χ4n) is 3.53. The Balaban J connectivity index is 2.50. The van der Waals surface area contributed by atoms with Gasteiger partial charge in [-0.15, -0.1) is 0 Å². The Hall–Kier alpha value is 0.270. The molecule has 0 aromatic heterocycles. The molecule has 19 heavy (non-hydrogen) atoms. The molecule has 0 saturated heterocycles. The molecule has 1 rings (SSSR count). The second-order valence-corrected chi connectivity index (χ2v) is 7.28. The van der Waals surface area contributed by atoms with Crippen LogP contribution in [0.1, 0.15) is 46.0 Å². The van der Waals surface area contributed by atoms with Gasteiger partial charge in [0.1, 0.15) is 0 Å². The molecule has 0 bridgehead atoms. The first kappa shape index (κ1) is 17.3. The lowest BCUT2D eigenvalue weighted by Gasteiger charge is -2.39. The molecule has 0 heterocycles. The summed E-state index contributed by atoms with van der Waals surface area (Å²) in [6.07, 6.45) is 9.21. The molecule has 1 aliphatic carbocycles. The van der Waals surface area contributed by atoms with Gasteiger partial charge in [-0.2, -0.15) is 11.8 Å². The third-order valence-corrected chi connectivity index (χ3v) is 5.66. The molecule has 0 aromatic carbocycles. The largest absolute Gasteiger partial charge is 0.317 e. The summed E-state index contributed by atoms with van der Waals surface area (Å²) in [5.74, 6) is 3.06. The van der Waals surface area contributed by atoms with Gasteiger partial charge in [0.25, 0.3) is 0 Å². The number of nitrogens with zero attached hydrogens (tertiary/aromatic N) is 1. The molecular formula is C16H34N2S. The lowest BCUT2D eigenvalue weighted by molar-refractivity contribution is 0.139. The van der Waals surface area contributed by atoms with Gasteiger partial charge in [0.2, 0.25) is 0 Å². The second kappa shape index (κ2) is 9.25. The van der Waals surface area contributed by atoms with Crippen LogP contribution in [0.2, 0.25) is 0 Å². The predicted molar refractivity (Wildman–Crippen MR) is 89.1 cm³/mol. The van der Waals surface area contributed by atoms with Crippen LogP contribution >= 0.6 is 11.8 Å². The van der Waals surface area contributed by atoms with Gasteiger partial charge >= 0.3 is 0 Å². The average molecular weight is 287 g/mol. The fraction of sp³-hybridized carbons (Fsp3) is 1.00. The second-order valence-electron chi connectivity index (χ2n) is 6.37. The third-order valence-electron chi connectivity index (χ3n) is 4.84. The standard InChI is InChI=1S/C16H34N2S/c1-6-7-14-8-9-16(17-3)15(10-14)11-18(4)13(2)12-19-5/h13-17H,6-12H2,1-5H3. The van der Waals surface area contributed by atoms with E-state index in [1.165, 1.54) is 44.4 Å². The molecule has 114 valence electrons. The van der Waals surface area contributed by atoms with Gasteiger partial charge in [0, 0.05) is 24.4 Å². The van der Waals surface area contributed by atoms with Crippen molar-refractivity contribution in [3.05, 3.63) is 0 Å². The molecule has 1 N–H and O–H groups in total. The highest BCUT2D eigenvalue weighted by Crippen LogP contribution is 2.32. The normalized spacial score (nSPS) is 29.7. The van der Waals surface area contributed by atoms with Gasteiger partial charge in [0.15, 0.2) is 0 Å². The van der Waals surface area contributed by atoms with E-state index >= 15 is 0 Å². The van der Waals surface area contributed by atoms with Gasteiger partial charge < -0.3 is 10.2 Å². The van der Waals surface area contributed by atoms with E-state index in [0.29, 0.717) is 6.04 Å². The minimum absolute atomic E-state index is 0.694. The molecule has 1 fully saturated rings. The zero-order valence-corrected chi connectivity index (χ0v) is 14.4. The quantitative estimate of drug-likeness (QED) is 0.735. The van der Waals surface area contributed by atoms with E-state index in [1.807, 2.05) is 11.8 Å².